The number of fused-ring (bicyclic) bond motifs is 4. The van der Waals surface area contributed by atoms with Gasteiger partial charge in [0.15, 0.2) is 0 Å². The van der Waals surface area contributed by atoms with Crippen molar-refractivity contribution in [3.63, 3.8) is 0 Å². The van der Waals surface area contributed by atoms with Crippen LogP contribution in [0, 0.1) is 19.8 Å². The van der Waals surface area contributed by atoms with E-state index in [1.54, 1.807) is 13.0 Å². The van der Waals surface area contributed by atoms with Gasteiger partial charge in [-0.25, -0.2) is 0 Å². The molecular formula is C26H32O4. The third-order valence-electron chi connectivity index (χ3n) is 8.32. The second kappa shape index (κ2) is 6.83. The summed E-state index contributed by atoms with van der Waals surface area (Å²) in [5.74, 6) is 1.59. The van der Waals surface area contributed by atoms with Crippen LogP contribution in [0.1, 0.15) is 80.0 Å². The monoisotopic (exact) mass is 408 g/mol. The van der Waals surface area contributed by atoms with E-state index in [1.165, 1.54) is 31.2 Å². The van der Waals surface area contributed by atoms with Crippen molar-refractivity contribution < 1.29 is 20.1 Å². The van der Waals surface area contributed by atoms with Crippen molar-refractivity contribution in [2.24, 2.45) is 5.92 Å². The lowest BCUT2D eigenvalue weighted by molar-refractivity contribution is -0.0965. The molecule has 0 saturated heterocycles. The summed E-state index contributed by atoms with van der Waals surface area (Å²) in [5, 5.41) is 31.8. The fraction of sp³-hybridized carbons (Fsp3) is 0.538. The van der Waals surface area contributed by atoms with Crippen LogP contribution in [0.5, 0.6) is 23.0 Å². The zero-order valence-corrected chi connectivity index (χ0v) is 18.0. The summed E-state index contributed by atoms with van der Waals surface area (Å²) in [5.41, 5.74) is 2.70. The van der Waals surface area contributed by atoms with E-state index in [9.17, 15) is 15.3 Å². The summed E-state index contributed by atoms with van der Waals surface area (Å²) >= 11 is 0. The molecule has 1 heterocycles. The Hall–Kier alpha value is -2.36. The number of ether oxygens (including phenoxy) is 1. The fourth-order valence-corrected chi connectivity index (χ4v) is 6.77. The minimum absolute atomic E-state index is 0.00292. The van der Waals surface area contributed by atoms with E-state index >= 15 is 0 Å². The Morgan fingerprint density at radius 2 is 1.40 bits per heavy atom. The van der Waals surface area contributed by atoms with E-state index in [1.807, 2.05) is 19.1 Å². The van der Waals surface area contributed by atoms with Crippen molar-refractivity contribution in [2.45, 2.75) is 82.7 Å². The number of aromatic hydroxyl groups is 3. The first-order chi connectivity index (χ1) is 14.4. The van der Waals surface area contributed by atoms with Gasteiger partial charge in [-0.3, -0.25) is 0 Å². The molecule has 1 spiro atoms. The molecule has 4 nitrogen and oxygen atoms in total. The minimum atomic E-state index is -0.635. The van der Waals surface area contributed by atoms with Crippen LogP contribution in [0.2, 0.25) is 0 Å². The molecule has 160 valence electrons. The van der Waals surface area contributed by atoms with Gasteiger partial charge in [0.2, 0.25) is 0 Å². The molecule has 3 aliphatic rings. The SMILES string of the molecule is Cc1c(O)ccc([C@]23CCCC[C@H]2C2(CCCCC2)c2ccc(O)c(C)c2O3)c1O. The molecule has 2 aromatic carbocycles. The maximum atomic E-state index is 11.1. The van der Waals surface area contributed by atoms with Crippen molar-refractivity contribution >= 4 is 0 Å². The largest absolute Gasteiger partial charge is 0.508 e. The summed E-state index contributed by atoms with van der Waals surface area (Å²) in [7, 11) is 0. The maximum Gasteiger partial charge on any atom is 0.141 e. The molecule has 2 atom stereocenters. The van der Waals surface area contributed by atoms with Crippen LogP contribution in [0.15, 0.2) is 24.3 Å². The molecule has 0 amide bonds. The van der Waals surface area contributed by atoms with E-state index in [0.717, 1.165) is 49.0 Å². The number of phenols is 3. The normalized spacial score (nSPS) is 27.2. The lowest BCUT2D eigenvalue weighted by Crippen LogP contribution is -2.57. The molecule has 0 bridgehead atoms. The highest BCUT2D eigenvalue weighted by atomic mass is 16.5. The molecule has 1 aliphatic heterocycles. The van der Waals surface area contributed by atoms with Gasteiger partial charge in [-0.05, 0) is 64.2 Å². The molecule has 30 heavy (non-hydrogen) atoms. The van der Waals surface area contributed by atoms with Gasteiger partial charge in [0, 0.05) is 33.6 Å². The van der Waals surface area contributed by atoms with Gasteiger partial charge in [0.05, 0.1) is 0 Å². The quantitative estimate of drug-likeness (QED) is 0.533. The summed E-state index contributed by atoms with van der Waals surface area (Å²) in [6, 6.07) is 7.46. The third-order valence-corrected chi connectivity index (χ3v) is 8.32. The highest BCUT2D eigenvalue weighted by molar-refractivity contribution is 5.58. The van der Waals surface area contributed by atoms with Crippen LogP contribution in [-0.4, -0.2) is 15.3 Å². The first-order valence-electron chi connectivity index (χ1n) is 11.4. The number of hydrogen-bond acceptors (Lipinski definition) is 4. The highest BCUT2D eigenvalue weighted by Crippen LogP contribution is 2.64. The minimum Gasteiger partial charge on any atom is -0.508 e. The summed E-state index contributed by atoms with van der Waals surface area (Å²) < 4.78 is 6.92. The van der Waals surface area contributed by atoms with E-state index < -0.39 is 5.60 Å². The second-order valence-electron chi connectivity index (χ2n) is 9.70. The predicted octanol–water partition coefficient (Wildman–Crippen LogP) is 6.10. The van der Waals surface area contributed by atoms with E-state index in [-0.39, 0.29) is 28.6 Å². The lowest BCUT2D eigenvalue weighted by Gasteiger charge is -2.59. The van der Waals surface area contributed by atoms with Crippen LogP contribution in [0.4, 0.5) is 0 Å². The summed E-state index contributed by atoms with van der Waals surface area (Å²) in [6.07, 6.45) is 10.0. The molecule has 0 aromatic heterocycles. The highest BCUT2D eigenvalue weighted by Gasteiger charge is 2.60. The molecule has 2 saturated carbocycles. The predicted molar refractivity (Wildman–Crippen MR) is 116 cm³/mol. The van der Waals surface area contributed by atoms with Gasteiger partial charge in [0.25, 0.3) is 0 Å². The Kier molecular flexibility index (Phi) is 4.46. The van der Waals surface area contributed by atoms with Crippen molar-refractivity contribution in [1.29, 1.82) is 0 Å². The second-order valence-corrected chi connectivity index (χ2v) is 9.70. The fourth-order valence-electron chi connectivity index (χ4n) is 6.77. The Bertz CT molecular complexity index is 989. The molecule has 2 aromatic rings. The van der Waals surface area contributed by atoms with Gasteiger partial charge in [0.1, 0.15) is 28.6 Å². The Balaban J connectivity index is 1.80. The van der Waals surface area contributed by atoms with E-state index in [4.69, 9.17) is 4.74 Å². The molecule has 0 radical (unpaired) electrons. The molecular weight excluding hydrogens is 376 g/mol. The zero-order chi connectivity index (χ0) is 21.1. The molecule has 4 heteroatoms. The average molecular weight is 409 g/mol. The topological polar surface area (TPSA) is 69.9 Å². The van der Waals surface area contributed by atoms with Crippen molar-refractivity contribution in [3.8, 4) is 23.0 Å². The van der Waals surface area contributed by atoms with Gasteiger partial charge < -0.3 is 20.1 Å². The van der Waals surface area contributed by atoms with Gasteiger partial charge in [-0.2, -0.15) is 0 Å². The number of rotatable bonds is 1. The molecule has 2 fully saturated rings. The smallest absolute Gasteiger partial charge is 0.141 e. The van der Waals surface area contributed by atoms with Gasteiger partial charge in [-0.15, -0.1) is 0 Å². The summed E-state index contributed by atoms with van der Waals surface area (Å²) in [6.45, 7) is 3.69. The van der Waals surface area contributed by atoms with Crippen LogP contribution >= 0.6 is 0 Å². The Morgan fingerprint density at radius 1 is 0.767 bits per heavy atom. The van der Waals surface area contributed by atoms with Crippen molar-refractivity contribution in [2.75, 3.05) is 0 Å². The van der Waals surface area contributed by atoms with Crippen LogP contribution in [0.3, 0.4) is 0 Å². The summed E-state index contributed by atoms with van der Waals surface area (Å²) in [4.78, 5) is 0. The first-order valence-corrected chi connectivity index (χ1v) is 11.4. The first kappa shape index (κ1) is 19.6. The van der Waals surface area contributed by atoms with E-state index in [0.29, 0.717) is 5.56 Å². The Labute approximate surface area is 178 Å². The number of phenolic OH excluding ortho intramolecular Hbond substituents is 3. The maximum absolute atomic E-state index is 11.1. The van der Waals surface area contributed by atoms with Gasteiger partial charge >= 0.3 is 0 Å². The van der Waals surface area contributed by atoms with Gasteiger partial charge in [-0.1, -0.05) is 31.7 Å². The van der Waals surface area contributed by atoms with Crippen molar-refractivity contribution in [3.05, 3.63) is 46.5 Å². The van der Waals surface area contributed by atoms with Crippen molar-refractivity contribution in [1.82, 2.24) is 0 Å². The molecule has 0 unspecified atom stereocenters. The number of benzene rings is 2. The number of hydrogen-bond donors (Lipinski definition) is 3. The van der Waals surface area contributed by atoms with Crippen LogP contribution in [-0.2, 0) is 11.0 Å². The molecule has 2 aliphatic carbocycles. The zero-order valence-electron chi connectivity index (χ0n) is 18.0. The van der Waals surface area contributed by atoms with Crippen LogP contribution < -0.4 is 4.74 Å². The van der Waals surface area contributed by atoms with E-state index in [2.05, 4.69) is 6.07 Å². The lowest BCUT2D eigenvalue weighted by atomic mass is 9.51. The molecule has 3 N–H and O–H groups in total. The standard InChI is InChI=1S/C26H32O4/c1-16-20(27)11-9-18(23(16)29)26-15-7-4-8-22(26)25(13-5-3-6-14-25)19-10-12-21(28)17(2)24(19)30-26/h9-12,22,27-29H,3-8,13-15H2,1-2H3/t22-,26+/m0/s1. The average Bonchev–Trinajstić information content (AvgIpc) is 2.76. The third kappa shape index (κ3) is 2.52. The Morgan fingerprint density at radius 3 is 2.13 bits per heavy atom. The van der Waals surface area contributed by atoms with Crippen LogP contribution in [0.25, 0.3) is 0 Å². The molecule has 5 rings (SSSR count).